The van der Waals surface area contributed by atoms with E-state index in [2.05, 4.69) is 17.2 Å². The van der Waals surface area contributed by atoms with Crippen LogP contribution in [0.25, 0.3) is 0 Å². The van der Waals surface area contributed by atoms with Gasteiger partial charge < -0.3 is 15.2 Å². The molecule has 0 radical (unpaired) electrons. The summed E-state index contributed by atoms with van der Waals surface area (Å²) in [6.45, 7) is 4.20. The average molecular weight is 289 g/mol. The second kappa shape index (κ2) is 8.46. The fraction of sp³-hybridized carbons (Fsp3) is 0.471. The number of rotatable bonds is 6. The summed E-state index contributed by atoms with van der Waals surface area (Å²) in [6, 6.07) is 7.68. The van der Waals surface area contributed by atoms with Crippen LogP contribution in [0.5, 0.6) is 0 Å². The van der Waals surface area contributed by atoms with Crippen molar-refractivity contribution in [3.05, 3.63) is 35.4 Å². The number of carbonyl (C=O) groups is 1. The second-order valence-corrected chi connectivity index (χ2v) is 4.95. The first kappa shape index (κ1) is 17.2. The van der Waals surface area contributed by atoms with Crippen molar-refractivity contribution in [2.45, 2.75) is 38.8 Å². The predicted molar refractivity (Wildman–Crippen MR) is 82.6 cm³/mol. The molecule has 0 aromatic heterocycles. The highest BCUT2D eigenvalue weighted by Gasteiger charge is 2.30. The highest BCUT2D eigenvalue weighted by atomic mass is 16.5. The molecule has 0 heterocycles. The summed E-state index contributed by atoms with van der Waals surface area (Å²) in [4.78, 5) is 12.1. The molecule has 1 atom stereocenters. The van der Waals surface area contributed by atoms with Gasteiger partial charge in [0.25, 0.3) is 5.91 Å². The Morgan fingerprint density at radius 1 is 1.48 bits per heavy atom. The lowest BCUT2D eigenvalue weighted by atomic mass is 10.0. The fourth-order valence-corrected chi connectivity index (χ4v) is 1.75. The van der Waals surface area contributed by atoms with E-state index < -0.39 is 5.60 Å². The zero-order chi connectivity index (χ0) is 15.7. The Hall–Kier alpha value is -1.83. The number of carbonyl (C=O) groups excluding carboxylic acids is 1. The van der Waals surface area contributed by atoms with Crippen LogP contribution in [0.2, 0.25) is 0 Å². The number of benzene rings is 1. The van der Waals surface area contributed by atoms with E-state index in [9.17, 15) is 4.79 Å². The maximum atomic E-state index is 12.1. The normalized spacial score (nSPS) is 13.0. The molecule has 0 aliphatic carbocycles. The SMILES string of the molecule is CCC(C)(OC)C(=O)NCc1cccc(C#CCCO)c1. The molecule has 0 saturated carbocycles. The first-order valence-electron chi connectivity index (χ1n) is 7.08. The molecule has 4 nitrogen and oxygen atoms in total. The number of amides is 1. The van der Waals surface area contributed by atoms with Crippen molar-refractivity contribution in [2.24, 2.45) is 0 Å². The summed E-state index contributed by atoms with van der Waals surface area (Å²) in [5, 5.41) is 11.6. The van der Waals surface area contributed by atoms with E-state index >= 15 is 0 Å². The Balaban J connectivity index is 2.66. The van der Waals surface area contributed by atoms with Crippen molar-refractivity contribution in [3.63, 3.8) is 0 Å². The molecule has 1 aromatic rings. The van der Waals surface area contributed by atoms with Crippen molar-refractivity contribution in [1.82, 2.24) is 5.32 Å². The Morgan fingerprint density at radius 2 is 2.24 bits per heavy atom. The number of hydrogen-bond donors (Lipinski definition) is 2. The number of aliphatic hydroxyl groups excluding tert-OH is 1. The van der Waals surface area contributed by atoms with Gasteiger partial charge in [0.15, 0.2) is 0 Å². The fourth-order valence-electron chi connectivity index (χ4n) is 1.75. The Kier molecular flexibility index (Phi) is 6.93. The van der Waals surface area contributed by atoms with Crippen molar-refractivity contribution in [3.8, 4) is 11.8 Å². The van der Waals surface area contributed by atoms with E-state index in [0.29, 0.717) is 19.4 Å². The average Bonchev–Trinajstić information content (AvgIpc) is 2.52. The summed E-state index contributed by atoms with van der Waals surface area (Å²) >= 11 is 0. The topological polar surface area (TPSA) is 58.6 Å². The lowest BCUT2D eigenvalue weighted by Gasteiger charge is -2.25. The second-order valence-electron chi connectivity index (χ2n) is 4.95. The molecular formula is C17H23NO3. The van der Waals surface area contributed by atoms with Crippen LogP contribution in [0.3, 0.4) is 0 Å². The molecule has 1 aromatic carbocycles. The van der Waals surface area contributed by atoms with Gasteiger partial charge in [0.2, 0.25) is 0 Å². The first-order chi connectivity index (χ1) is 10.1. The molecule has 2 N–H and O–H groups in total. The zero-order valence-corrected chi connectivity index (χ0v) is 12.9. The Labute approximate surface area is 126 Å². The summed E-state index contributed by atoms with van der Waals surface area (Å²) in [6.07, 6.45) is 1.08. The summed E-state index contributed by atoms with van der Waals surface area (Å²) in [5.41, 5.74) is 1.06. The molecule has 0 aliphatic heterocycles. The van der Waals surface area contributed by atoms with Crippen LogP contribution in [0.15, 0.2) is 24.3 Å². The molecule has 4 heteroatoms. The van der Waals surface area contributed by atoms with E-state index in [0.717, 1.165) is 11.1 Å². The Bertz CT molecular complexity index is 524. The minimum Gasteiger partial charge on any atom is -0.395 e. The summed E-state index contributed by atoms with van der Waals surface area (Å²) in [7, 11) is 1.54. The van der Waals surface area contributed by atoms with Crippen LogP contribution in [-0.2, 0) is 16.1 Å². The minimum atomic E-state index is -0.793. The van der Waals surface area contributed by atoms with E-state index in [4.69, 9.17) is 9.84 Å². The molecule has 21 heavy (non-hydrogen) atoms. The largest absolute Gasteiger partial charge is 0.395 e. The molecule has 1 amide bonds. The maximum absolute atomic E-state index is 12.1. The number of methoxy groups -OCH3 is 1. The quantitative estimate of drug-likeness (QED) is 0.786. The van der Waals surface area contributed by atoms with Gasteiger partial charge in [-0.3, -0.25) is 4.79 Å². The van der Waals surface area contributed by atoms with Crippen molar-refractivity contribution < 1.29 is 14.6 Å². The van der Waals surface area contributed by atoms with Gasteiger partial charge >= 0.3 is 0 Å². The lowest BCUT2D eigenvalue weighted by Crippen LogP contribution is -2.45. The van der Waals surface area contributed by atoms with Crippen LogP contribution in [0, 0.1) is 11.8 Å². The van der Waals surface area contributed by atoms with Gasteiger partial charge in [0, 0.05) is 25.6 Å². The number of ether oxygens (including phenoxy) is 1. The van der Waals surface area contributed by atoms with Gasteiger partial charge in [0.1, 0.15) is 5.60 Å². The van der Waals surface area contributed by atoms with Crippen LogP contribution in [0.1, 0.15) is 37.8 Å². The van der Waals surface area contributed by atoms with Crippen LogP contribution >= 0.6 is 0 Å². The third kappa shape index (κ3) is 5.22. The highest BCUT2D eigenvalue weighted by molar-refractivity contribution is 5.84. The van der Waals surface area contributed by atoms with Gasteiger partial charge in [-0.1, -0.05) is 30.9 Å². The number of hydrogen-bond acceptors (Lipinski definition) is 3. The van der Waals surface area contributed by atoms with Crippen molar-refractivity contribution >= 4 is 5.91 Å². The minimum absolute atomic E-state index is 0.0648. The third-order valence-corrected chi connectivity index (χ3v) is 3.46. The molecule has 0 aliphatic rings. The van der Waals surface area contributed by atoms with Gasteiger partial charge in [-0.15, -0.1) is 0 Å². The molecule has 1 unspecified atom stereocenters. The van der Waals surface area contributed by atoms with E-state index in [1.165, 1.54) is 0 Å². The van der Waals surface area contributed by atoms with Crippen LogP contribution in [0.4, 0.5) is 0 Å². The van der Waals surface area contributed by atoms with Gasteiger partial charge in [-0.2, -0.15) is 0 Å². The highest BCUT2D eigenvalue weighted by Crippen LogP contribution is 2.14. The predicted octanol–water partition coefficient (Wildman–Crippen LogP) is 1.85. The monoisotopic (exact) mass is 289 g/mol. The molecule has 0 bridgehead atoms. The molecule has 0 spiro atoms. The Morgan fingerprint density at radius 3 is 2.86 bits per heavy atom. The smallest absolute Gasteiger partial charge is 0.252 e. The van der Waals surface area contributed by atoms with Crippen molar-refractivity contribution in [2.75, 3.05) is 13.7 Å². The third-order valence-electron chi connectivity index (χ3n) is 3.46. The van der Waals surface area contributed by atoms with Crippen LogP contribution in [-0.4, -0.2) is 30.3 Å². The first-order valence-corrected chi connectivity index (χ1v) is 7.08. The molecule has 114 valence electrons. The number of aliphatic hydroxyl groups is 1. The summed E-state index contributed by atoms with van der Waals surface area (Å²) in [5.74, 6) is 5.74. The zero-order valence-electron chi connectivity index (χ0n) is 12.9. The molecule has 0 fully saturated rings. The van der Waals surface area contributed by atoms with Gasteiger partial charge in [0.05, 0.1) is 6.61 Å². The van der Waals surface area contributed by atoms with E-state index in [1.807, 2.05) is 31.2 Å². The van der Waals surface area contributed by atoms with E-state index in [-0.39, 0.29) is 12.5 Å². The molecule has 1 rings (SSSR count). The standard InChI is InChI=1S/C17H23NO3/c1-4-17(2,21-3)16(20)18-13-15-10-7-9-14(12-15)8-5-6-11-19/h7,9-10,12,19H,4,6,11,13H2,1-3H3,(H,18,20). The van der Waals surface area contributed by atoms with Crippen molar-refractivity contribution in [1.29, 1.82) is 0 Å². The summed E-state index contributed by atoms with van der Waals surface area (Å²) < 4.78 is 5.27. The molecular weight excluding hydrogens is 266 g/mol. The maximum Gasteiger partial charge on any atom is 0.252 e. The van der Waals surface area contributed by atoms with Crippen LogP contribution < -0.4 is 5.32 Å². The van der Waals surface area contributed by atoms with E-state index in [1.54, 1.807) is 14.0 Å². The number of nitrogens with one attached hydrogen (secondary N) is 1. The molecule has 0 saturated heterocycles. The van der Waals surface area contributed by atoms with Gasteiger partial charge in [-0.25, -0.2) is 0 Å². The van der Waals surface area contributed by atoms with Gasteiger partial charge in [-0.05, 0) is 31.0 Å². The lowest BCUT2D eigenvalue weighted by molar-refractivity contribution is -0.142.